The maximum Gasteiger partial charge on any atom is 0.307 e. The number of ether oxygens (including phenoxy) is 3. The van der Waals surface area contributed by atoms with E-state index in [0.717, 1.165) is 53.5 Å². The molecular formula is C26H31BrN4O4. The molecule has 9 heteroatoms. The number of piperidine rings is 1. The number of nitrogens with zero attached hydrogens (tertiary/aromatic N) is 3. The molecule has 1 aromatic heterocycles. The van der Waals surface area contributed by atoms with Crippen LogP contribution in [0.25, 0.3) is 10.9 Å². The van der Waals surface area contributed by atoms with E-state index in [1.807, 2.05) is 43.3 Å². The monoisotopic (exact) mass is 542 g/mol. The van der Waals surface area contributed by atoms with E-state index in [-0.39, 0.29) is 5.97 Å². The van der Waals surface area contributed by atoms with Gasteiger partial charge in [0.15, 0.2) is 11.5 Å². The first-order chi connectivity index (χ1) is 17.1. The number of aromatic nitrogens is 2. The predicted octanol–water partition coefficient (Wildman–Crippen LogP) is 5.19. The van der Waals surface area contributed by atoms with E-state index < -0.39 is 0 Å². The fraction of sp³-hybridized carbons (Fsp3) is 0.423. The molecule has 0 radical (unpaired) electrons. The number of benzene rings is 2. The number of methoxy groups -OCH3 is 1. The van der Waals surface area contributed by atoms with E-state index in [0.29, 0.717) is 42.9 Å². The number of hydrogen-bond acceptors (Lipinski definition) is 8. The van der Waals surface area contributed by atoms with Gasteiger partial charge >= 0.3 is 5.97 Å². The van der Waals surface area contributed by atoms with Crippen molar-refractivity contribution in [1.82, 2.24) is 14.9 Å². The SMILES string of the molecule is CCOC(=O)CCN1CCC(COc2cc3ncnc(Nc4cccc(Br)c4)c3cc2OC)CC1. The number of nitrogens with one attached hydrogen (secondary N) is 1. The summed E-state index contributed by atoms with van der Waals surface area (Å²) in [7, 11) is 1.64. The van der Waals surface area contributed by atoms with Crippen molar-refractivity contribution in [3.05, 3.63) is 47.2 Å². The molecule has 0 spiro atoms. The number of likely N-dealkylation sites (tertiary alicyclic amines) is 1. The Morgan fingerprint density at radius 1 is 1.17 bits per heavy atom. The molecule has 1 N–H and O–H groups in total. The summed E-state index contributed by atoms with van der Waals surface area (Å²) in [5.41, 5.74) is 1.70. The Morgan fingerprint density at radius 3 is 2.74 bits per heavy atom. The Kier molecular flexibility index (Phi) is 8.76. The number of halogens is 1. The Morgan fingerprint density at radius 2 is 2.00 bits per heavy atom. The lowest BCUT2D eigenvalue weighted by Crippen LogP contribution is -2.36. The van der Waals surface area contributed by atoms with E-state index in [1.165, 1.54) is 0 Å². The Hall–Kier alpha value is -2.91. The maximum atomic E-state index is 11.6. The zero-order chi connectivity index (χ0) is 24.6. The van der Waals surface area contributed by atoms with Crippen LogP contribution in [0.15, 0.2) is 47.2 Å². The van der Waals surface area contributed by atoms with Gasteiger partial charge in [0.2, 0.25) is 0 Å². The molecule has 3 aromatic rings. The van der Waals surface area contributed by atoms with Crippen molar-refractivity contribution in [2.75, 3.05) is 45.3 Å². The van der Waals surface area contributed by atoms with Crippen LogP contribution in [0.2, 0.25) is 0 Å². The van der Waals surface area contributed by atoms with Gasteiger partial charge in [-0.25, -0.2) is 9.97 Å². The van der Waals surface area contributed by atoms with E-state index in [1.54, 1.807) is 13.4 Å². The third kappa shape index (κ3) is 6.82. The molecule has 0 aliphatic carbocycles. The molecule has 0 amide bonds. The van der Waals surface area contributed by atoms with Crippen LogP contribution < -0.4 is 14.8 Å². The van der Waals surface area contributed by atoms with Crippen LogP contribution >= 0.6 is 15.9 Å². The average molecular weight is 543 g/mol. The van der Waals surface area contributed by atoms with Crippen molar-refractivity contribution in [2.24, 2.45) is 5.92 Å². The van der Waals surface area contributed by atoms with Crippen molar-refractivity contribution in [2.45, 2.75) is 26.2 Å². The van der Waals surface area contributed by atoms with Crippen LogP contribution in [0, 0.1) is 5.92 Å². The lowest BCUT2D eigenvalue weighted by Gasteiger charge is -2.31. The molecule has 8 nitrogen and oxygen atoms in total. The van der Waals surface area contributed by atoms with Gasteiger partial charge in [-0.1, -0.05) is 22.0 Å². The molecule has 1 fully saturated rings. The molecule has 1 aliphatic heterocycles. The molecule has 2 heterocycles. The second-order valence-corrected chi connectivity index (χ2v) is 9.44. The summed E-state index contributed by atoms with van der Waals surface area (Å²) in [6, 6.07) is 11.7. The maximum absolute atomic E-state index is 11.6. The van der Waals surface area contributed by atoms with Gasteiger partial charge in [0.25, 0.3) is 0 Å². The number of fused-ring (bicyclic) bond motifs is 1. The summed E-state index contributed by atoms with van der Waals surface area (Å²) in [5.74, 6) is 2.36. The molecule has 186 valence electrons. The van der Waals surface area contributed by atoms with Gasteiger partial charge in [0, 0.05) is 28.2 Å². The van der Waals surface area contributed by atoms with E-state index in [2.05, 4.69) is 36.1 Å². The molecule has 0 unspecified atom stereocenters. The molecule has 0 atom stereocenters. The predicted molar refractivity (Wildman–Crippen MR) is 139 cm³/mol. The first-order valence-electron chi connectivity index (χ1n) is 11.9. The van der Waals surface area contributed by atoms with Gasteiger partial charge in [-0.05, 0) is 63.0 Å². The van der Waals surface area contributed by atoms with Gasteiger partial charge in [-0.3, -0.25) is 4.79 Å². The molecule has 1 saturated heterocycles. The summed E-state index contributed by atoms with van der Waals surface area (Å²) in [6.45, 7) is 5.55. The summed E-state index contributed by atoms with van der Waals surface area (Å²) in [5, 5.41) is 4.21. The largest absolute Gasteiger partial charge is 0.493 e. The van der Waals surface area contributed by atoms with E-state index in [4.69, 9.17) is 14.2 Å². The number of esters is 1. The molecule has 0 saturated carbocycles. The lowest BCUT2D eigenvalue weighted by molar-refractivity contribution is -0.143. The van der Waals surface area contributed by atoms with Crippen molar-refractivity contribution in [3.63, 3.8) is 0 Å². The van der Waals surface area contributed by atoms with Gasteiger partial charge < -0.3 is 24.4 Å². The van der Waals surface area contributed by atoms with Crippen LogP contribution in [0.1, 0.15) is 26.2 Å². The second kappa shape index (κ2) is 12.2. The number of hydrogen-bond donors (Lipinski definition) is 1. The third-order valence-corrected chi connectivity index (χ3v) is 6.62. The minimum atomic E-state index is -0.125. The van der Waals surface area contributed by atoms with Crippen LogP contribution in [0.3, 0.4) is 0 Å². The van der Waals surface area contributed by atoms with Crippen LogP contribution in [-0.4, -0.2) is 60.8 Å². The molecule has 1 aliphatic rings. The highest BCUT2D eigenvalue weighted by Crippen LogP contribution is 2.35. The first kappa shape index (κ1) is 25.2. The number of carbonyl (C=O) groups excluding carboxylic acids is 1. The fourth-order valence-corrected chi connectivity index (χ4v) is 4.61. The quantitative estimate of drug-likeness (QED) is 0.350. The van der Waals surface area contributed by atoms with Crippen molar-refractivity contribution in [3.8, 4) is 11.5 Å². The Bertz CT molecular complexity index is 1150. The minimum absolute atomic E-state index is 0.125. The number of anilines is 2. The second-order valence-electron chi connectivity index (χ2n) is 8.53. The van der Waals surface area contributed by atoms with Crippen LogP contribution in [0.5, 0.6) is 11.5 Å². The van der Waals surface area contributed by atoms with Gasteiger partial charge in [-0.15, -0.1) is 0 Å². The zero-order valence-electron chi connectivity index (χ0n) is 20.1. The fourth-order valence-electron chi connectivity index (χ4n) is 4.21. The highest BCUT2D eigenvalue weighted by molar-refractivity contribution is 9.10. The van der Waals surface area contributed by atoms with Gasteiger partial charge in [0.1, 0.15) is 12.1 Å². The van der Waals surface area contributed by atoms with Crippen LogP contribution in [0.4, 0.5) is 11.5 Å². The third-order valence-electron chi connectivity index (χ3n) is 6.13. The minimum Gasteiger partial charge on any atom is -0.493 e. The highest BCUT2D eigenvalue weighted by Gasteiger charge is 2.21. The normalized spacial score (nSPS) is 14.6. The lowest BCUT2D eigenvalue weighted by atomic mass is 9.97. The van der Waals surface area contributed by atoms with Crippen molar-refractivity contribution in [1.29, 1.82) is 0 Å². The smallest absolute Gasteiger partial charge is 0.307 e. The Balaban J connectivity index is 1.38. The summed E-state index contributed by atoms with van der Waals surface area (Å²) in [6.07, 6.45) is 4.05. The highest BCUT2D eigenvalue weighted by atomic mass is 79.9. The number of carbonyl (C=O) groups is 1. The zero-order valence-corrected chi connectivity index (χ0v) is 21.7. The number of rotatable bonds is 10. The van der Waals surface area contributed by atoms with Gasteiger partial charge in [0.05, 0.1) is 32.3 Å². The molecule has 0 bridgehead atoms. The topological polar surface area (TPSA) is 85.8 Å². The van der Waals surface area contributed by atoms with Crippen molar-refractivity contribution >= 4 is 44.3 Å². The summed E-state index contributed by atoms with van der Waals surface area (Å²) < 4.78 is 17.9. The molecule has 35 heavy (non-hydrogen) atoms. The molecule has 2 aromatic carbocycles. The van der Waals surface area contributed by atoms with E-state index >= 15 is 0 Å². The Labute approximate surface area is 214 Å². The summed E-state index contributed by atoms with van der Waals surface area (Å²) in [4.78, 5) is 22.8. The van der Waals surface area contributed by atoms with Gasteiger partial charge in [-0.2, -0.15) is 0 Å². The van der Waals surface area contributed by atoms with Crippen LogP contribution in [-0.2, 0) is 9.53 Å². The standard InChI is InChI=1S/C26H31BrN4O4/c1-3-34-25(32)9-12-31-10-7-18(8-11-31)16-35-24-15-22-21(14-23(24)33-2)26(29-17-28-22)30-20-6-4-5-19(27)13-20/h4-6,13-15,17-18H,3,7-12,16H2,1-2H3,(H,28,29,30). The molecule has 4 rings (SSSR count). The average Bonchev–Trinajstić information content (AvgIpc) is 2.87. The van der Waals surface area contributed by atoms with E-state index in [9.17, 15) is 4.79 Å². The first-order valence-corrected chi connectivity index (χ1v) is 12.7. The summed E-state index contributed by atoms with van der Waals surface area (Å²) >= 11 is 3.50. The van der Waals surface area contributed by atoms with Crippen molar-refractivity contribution < 1.29 is 19.0 Å². The molecular weight excluding hydrogens is 512 g/mol.